The number of hydrogen-bond donors (Lipinski definition) is 1. The van der Waals surface area contributed by atoms with Gasteiger partial charge in [-0.05, 0) is 19.1 Å². The minimum absolute atomic E-state index is 0.0797. The van der Waals surface area contributed by atoms with Gasteiger partial charge < -0.3 is 5.32 Å². The fourth-order valence-corrected chi connectivity index (χ4v) is 1.60. The molecule has 0 aliphatic rings. The van der Waals surface area contributed by atoms with Crippen molar-refractivity contribution in [2.45, 2.75) is 6.92 Å². The second-order valence-electron chi connectivity index (χ2n) is 4.06. The Morgan fingerprint density at radius 2 is 1.48 bits per heavy atom. The molecule has 0 bridgehead atoms. The maximum atomic E-state index is 13.4. The van der Waals surface area contributed by atoms with E-state index in [9.17, 15) is 26.7 Å². The third-order valence-corrected chi connectivity index (χ3v) is 2.57. The molecule has 1 aromatic carbocycles. The van der Waals surface area contributed by atoms with Crippen LogP contribution in [0.3, 0.4) is 0 Å². The van der Waals surface area contributed by atoms with E-state index in [1.165, 1.54) is 12.1 Å². The van der Waals surface area contributed by atoms with Gasteiger partial charge in [-0.15, -0.1) is 0 Å². The number of benzene rings is 1. The van der Waals surface area contributed by atoms with Crippen molar-refractivity contribution in [1.29, 1.82) is 0 Å². The van der Waals surface area contributed by atoms with E-state index in [-0.39, 0.29) is 5.82 Å². The highest BCUT2D eigenvalue weighted by molar-refractivity contribution is 6.04. The second kappa shape index (κ2) is 5.47. The lowest BCUT2D eigenvalue weighted by atomic mass is 10.1. The van der Waals surface area contributed by atoms with Crippen molar-refractivity contribution in [1.82, 2.24) is 4.98 Å². The van der Waals surface area contributed by atoms with Crippen LogP contribution in [0, 0.1) is 36.0 Å². The van der Waals surface area contributed by atoms with Gasteiger partial charge in [-0.1, -0.05) is 6.07 Å². The monoisotopic (exact) mass is 302 g/mol. The number of amides is 1. The molecule has 8 heteroatoms. The molecule has 0 aliphatic heterocycles. The molecule has 1 aromatic heterocycles. The maximum absolute atomic E-state index is 13.4. The molecule has 1 heterocycles. The predicted molar refractivity (Wildman–Crippen MR) is 63.2 cm³/mol. The molecule has 0 fully saturated rings. The van der Waals surface area contributed by atoms with Crippen molar-refractivity contribution >= 4 is 11.7 Å². The lowest BCUT2D eigenvalue weighted by Crippen LogP contribution is -2.20. The molecule has 0 saturated carbocycles. The molecule has 1 N–H and O–H groups in total. The molecule has 2 aromatic rings. The van der Waals surface area contributed by atoms with Crippen molar-refractivity contribution in [2.24, 2.45) is 0 Å². The van der Waals surface area contributed by atoms with Gasteiger partial charge in [0.05, 0.1) is 0 Å². The van der Waals surface area contributed by atoms with Gasteiger partial charge in [-0.25, -0.2) is 26.9 Å². The van der Waals surface area contributed by atoms with Crippen LogP contribution in [0.2, 0.25) is 0 Å². The zero-order valence-corrected chi connectivity index (χ0v) is 10.5. The van der Waals surface area contributed by atoms with Crippen LogP contribution in [-0.2, 0) is 0 Å². The lowest BCUT2D eigenvalue weighted by Gasteiger charge is -2.09. The van der Waals surface area contributed by atoms with Gasteiger partial charge in [0.15, 0.2) is 23.3 Å². The smallest absolute Gasteiger partial charge is 0.263 e. The molecule has 0 aliphatic carbocycles. The number of nitrogens with one attached hydrogen (secondary N) is 1. The summed E-state index contributed by atoms with van der Waals surface area (Å²) in [4.78, 5) is 15.5. The molecule has 0 unspecified atom stereocenters. The normalized spacial score (nSPS) is 10.6. The highest BCUT2D eigenvalue weighted by Gasteiger charge is 2.29. The average Bonchev–Trinajstić information content (AvgIpc) is 2.43. The van der Waals surface area contributed by atoms with E-state index >= 15 is 0 Å². The first kappa shape index (κ1) is 14.9. The minimum Gasteiger partial charge on any atom is -0.306 e. The Hall–Kier alpha value is -2.51. The summed E-state index contributed by atoms with van der Waals surface area (Å²) in [5.41, 5.74) is -1.07. The van der Waals surface area contributed by atoms with Crippen LogP contribution >= 0.6 is 0 Å². The van der Waals surface area contributed by atoms with Crippen molar-refractivity contribution in [3.8, 4) is 0 Å². The SMILES string of the molecule is Cc1cccc(NC(=O)c2c(F)c(F)c(F)c(F)c2F)n1. The first-order chi connectivity index (χ1) is 9.82. The van der Waals surface area contributed by atoms with Crippen molar-refractivity contribution < 1.29 is 26.7 Å². The number of aryl methyl sites for hydroxylation is 1. The number of carbonyl (C=O) groups excluding carboxylic acids is 1. The molecule has 1 amide bonds. The fraction of sp³-hybridized carbons (Fsp3) is 0.0769. The summed E-state index contributed by atoms with van der Waals surface area (Å²) >= 11 is 0. The first-order valence-corrected chi connectivity index (χ1v) is 5.59. The number of nitrogens with zero attached hydrogens (tertiary/aromatic N) is 1. The van der Waals surface area contributed by atoms with Gasteiger partial charge in [0, 0.05) is 5.69 Å². The highest BCUT2D eigenvalue weighted by Crippen LogP contribution is 2.23. The third-order valence-electron chi connectivity index (χ3n) is 2.57. The molecule has 0 spiro atoms. The van der Waals surface area contributed by atoms with Gasteiger partial charge in [-0.2, -0.15) is 0 Å². The van der Waals surface area contributed by atoms with E-state index in [1.54, 1.807) is 13.0 Å². The topological polar surface area (TPSA) is 42.0 Å². The summed E-state index contributed by atoms with van der Waals surface area (Å²) < 4.78 is 65.8. The summed E-state index contributed by atoms with van der Waals surface area (Å²) in [5, 5.41) is 1.97. The zero-order valence-electron chi connectivity index (χ0n) is 10.5. The third kappa shape index (κ3) is 2.69. The van der Waals surface area contributed by atoms with E-state index in [0.29, 0.717) is 5.69 Å². The Kier molecular flexibility index (Phi) is 3.88. The van der Waals surface area contributed by atoms with Crippen LogP contribution in [0.4, 0.5) is 27.8 Å². The van der Waals surface area contributed by atoms with Crippen LogP contribution in [0.25, 0.3) is 0 Å². The summed E-state index contributed by atoms with van der Waals surface area (Å²) in [6.07, 6.45) is 0. The number of aromatic nitrogens is 1. The second-order valence-corrected chi connectivity index (χ2v) is 4.06. The number of halogens is 5. The molecular weight excluding hydrogens is 295 g/mol. The van der Waals surface area contributed by atoms with Gasteiger partial charge in [-0.3, -0.25) is 4.79 Å². The van der Waals surface area contributed by atoms with Gasteiger partial charge in [0.2, 0.25) is 5.82 Å². The first-order valence-electron chi connectivity index (χ1n) is 5.59. The van der Waals surface area contributed by atoms with Gasteiger partial charge in [0.1, 0.15) is 11.4 Å². The van der Waals surface area contributed by atoms with Crippen molar-refractivity contribution in [3.05, 3.63) is 58.5 Å². The van der Waals surface area contributed by atoms with E-state index in [1.807, 2.05) is 5.32 Å². The van der Waals surface area contributed by atoms with E-state index in [2.05, 4.69) is 4.98 Å². The van der Waals surface area contributed by atoms with Crippen molar-refractivity contribution in [2.75, 3.05) is 5.32 Å². The Morgan fingerprint density at radius 3 is 2.00 bits per heavy atom. The Labute approximate surface area is 115 Å². The predicted octanol–water partition coefficient (Wildman–Crippen LogP) is 3.34. The number of pyridine rings is 1. The van der Waals surface area contributed by atoms with E-state index in [4.69, 9.17) is 0 Å². The Morgan fingerprint density at radius 1 is 0.952 bits per heavy atom. The number of carbonyl (C=O) groups is 1. The summed E-state index contributed by atoms with van der Waals surface area (Å²) in [7, 11) is 0. The molecule has 3 nitrogen and oxygen atoms in total. The lowest BCUT2D eigenvalue weighted by molar-refractivity contribution is 0.101. The summed E-state index contributed by atoms with van der Waals surface area (Å²) in [5.74, 6) is -12.7. The largest absolute Gasteiger partial charge is 0.306 e. The highest BCUT2D eigenvalue weighted by atomic mass is 19.2. The number of anilines is 1. The van der Waals surface area contributed by atoms with Gasteiger partial charge in [0.25, 0.3) is 5.91 Å². The average molecular weight is 302 g/mol. The molecule has 0 atom stereocenters. The van der Waals surface area contributed by atoms with Crippen LogP contribution in [0.1, 0.15) is 16.1 Å². The zero-order chi connectivity index (χ0) is 15.7. The van der Waals surface area contributed by atoms with Crippen LogP contribution in [0.5, 0.6) is 0 Å². The van der Waals surface area contributed by atoms with E-state index < -0.39 is 40.6 Å². The molecular formula is C13H7F5N2O. The van der Waals surface area contributed by atoms with Crippen molar-refractivity contribution in [3.63, 3.8) is 0 Å². The number of hydrogen-bond acceptors (Lipinski definition) is 2. The Bertz CT molecular complexity index is 704. The molecule has 0 radical (unpaired) electrons. The molecule has 2 rings (SSSR count). The fourth-order valence-electron chi connectivity index (χ4n) is 1.60. The Balaban J connectivity index is 2.45. The number of rotatable bonds is 2. The van der Waals surface area contributed by atoms with Crippen LogP contribution in [0.15, 0.2) is 18.2 Å². The standard InChI is InChI=1S/C13H7F5N2O/c1-5-3-2-4-6(19-5)20-13(21)7-8(14)10(16)12(18)11(17)9(7)15/h2-4H,1H3,(H,19,20,21). The van der Waals surface area contributed by atoms with E-state index in [0.717, 1.165) is 0 Å². The van der Waals surface area contributed by atoms with Gasteiger partial charge >= 0.3 is 0 Å². The molecule has 110 valence electrons. The summed E-state index contributed by atoms with van der Waals surface area (Å²) in [6, 6.07) is 4.39. The maximum Gasteiger partial charge on any atom is 0.263 e. The molecule has 21 heavy (non-hydrogen) atoms. The quantitative estimate of drug-likeness (QED) is 0.525. The van der Waals surface area contributed by atoms with Crippen LogP contribution < -0.4 is 5.32 Å². The van der Waals surface area contributed by atoms with Crippen LogP contribution in [-0.4, -0.2) is 10.9 Å². The minimum atomic E-state index is -2.32. The molecule has 0 saturated heterocycles. The summed E-state index contributed by atoms with van der Waals surface area (Å²) in [6.45, 7) is 1.59.